The third kappa shape index (κ3) is 2.38. The van der Waals surface area contributed by atoms with E-state index in [4.69, 9.17) is 10.2 Å². The van der Waals surface area contributed by atoms with E-state index in [1.54, 1.807) is 42.9 Å². The summed E-state index contributed by atoms with van der Waals surface area (Å²) in [5, 5.41) is 0. The van der Waals surface area contributed by atoms with E-state index >= 15 is 0 Å². The Balaban J connectivity index is 2.18. The molecular formula is C15H12N4O2. The first-order chi connectivity index (χ1) is 10.2. The standard InChI is InChI=1S/C15H12N4O2/c1-9-8-17-7-5-10(9)15-19-12(14(16)20)13(21-15)11-4-2-3-6-18-11/h2-8H,1H3,(H2,16,20). The van der Waals surface area contributed by atoms with Crippen LogP contribution in [0, 0.1) is 6.92 Å². The molecule has 3 aromatic rings. The van der Waals surface area contributed by atoms with Crippen LogP contribution < -0.4 is 5.73 Å². The molecule has 3 aromatic heterocycles. The summed E-state index contributed by atoms with van der Waals surface area (Å²) in [6.07, 6.45) is 4.95. The van der Waals surface area contributed by atoms with Crippen molar-refractivity contribution < 1.29 is 9.21 Å². The van der Waals surface area contributed by atoms with Crippen LogP contribution in [0.15, 0.2) is 47.3 Å². The average Bonchev–Trinajstić information content (AvgIpc) is 2.94. The van der Waals surface area contributed by atoms with Crippen molar-refractivity contribution in [2.75, 3.05) is 0 Å². The minimum absolute atomic E-state index is 0.0694. The fourth-order valence-electron chi connectivity index (χ4n) is 1.99. The zero-order valence-electron chi connectivity index (χ0n) is 11.3. The molecule has 6 nitrogen and oxygen atoms in total. The Morgan fingerprint density at radius 2 is 2.10 bits per heavy atom. The largest absolute Gasteiger partial charge is 0.434 e. The highest BCUT2D eigenvalue weighted by Crippen LogP contribution is 2.29. The van der Waals surface area contributed by atoms with Gasteiger partial charge in [-0.05, 0) is 30.7 Å². The predicted molar refractivity (Wildman–Crippen MR) is 76.2 cm³/mol. The Morgan fingerprint density at radius 1 is 1.24 bits per heavy atom. The summed E-state index contributed by atoms with van der Waals surface area (Å²) >= 11 is 0. The van der Waals surface area contributed by atoms with Gasteiger partial charge in [-0.2, -0.15) is 0 Å². The van der Waals surface area contributed by atoms with Gasteiger partial charge in [-0.3, -0.25) is 14.8 Å². The summed E-state index contributed by atoms with van der Waals surface area (Å²) in [7, 11) is 0. The van der Waals surface area contributed by atoms with Gasteiger partial charge in [0.1, 0.15) is 5.69 Å². The predicted octanol–water partition coefficient (Wildman–Crippen LogP) is 2.21. The number of nitrogens with zero attached hydrogens (tertiary/aromatic N) is 3. The highest BCUT2D eigenvalue weighted by Gasteiger charge is 2.21. The quantitative estimate of drug-likeness (QED) is 0.793. The molecule has 0 unspecified atom stereocenters. The summed E-state index contributed by atoms with van der Waals surface area (Å²) in [4.78, 5) is 24.0. The Bertz CT molecular complexity index is 796. The third-order valence-electron chi connectivity index (χ3n) is 3.01. The van der Waals surface area contributed by atoms with Crippen LogP contribution in [-0.2, 0) is 0 Å². The number of amides is 1. The van der Waals surface area contributed by atoms with Gasteiger partial charge in [-0.1, -0.05) is 6.07 Å². The van der Waals surface area contributed by atoms with Crippen LogP contribution in [0.25, 0.3) is 22.9 Å². The number of primary amides is 1. The maximum atomic E-state index is 11.6. The second-order valence-corrected chi connectivity index (χ2v) is 4.47. The van der Waals surface area contributed by atoms with Gasteiger partial charge in [0.25, 0.3) is 5.91 Å². The van der Waals surface area contributed by atoms with Crippen molar-refractivity contribution in [1.82, 2.24) is 15.0 Å². The highest BCUT2D eigenvalue weighted by molar-refractivity contribution is 5.96. The molecule has 6 heteroatoms. The molecule has 0 atom stereocenters. The number of hydrogen-bond donors (Lipinski definition) is 1. The molecule has 2 N–H and O–H groups in total. The number of rotatable bonds is 3. The summed E-state index contributed by atoms with van der Waals surface area (Å²) < 4.78 is 5.73. The number of oxazole rings is 1. The van der Waals surface area contributed by atoms with Crippen molar-refractivity contribution in [3.8, 4) is 22.9 Å². The first kappa shape index (κ1) is 13.0. The van der Waals surface area contributed by atoms with Crippen molar-refractivity contribution in [3.63, 3.8) is 0 Å². The lowest BCUT2D eigenvalue weighted by Gasteiger charge is -1.99. The van der Waals surface area contributed by atoms with Crippen molar-refractivity contribution >= 4 is 5.91 Å². The summed E-state index contributed by atoms with van der Waals surface area (Å²) in [5.41, 5.74) is 7.61. The normalized spacial score (nSPS) is 10.5. The van der Waals surface area contributed by atoms with Crippen LogP contribution in [0.2, 0.25) is 0 Å². The molecule has 0 fully saturated rings. The molecule has 0 aliphatic heterocycles. The van der Waals surface area contributed by atoms with Gasteiger partial charge in [-0.15, -0.1) is 0 Å². The van der Waals surface area contributed by atoms with Gasteiger partial charge in [0, 0.05) is 24.2 Å². The van der Waals surface area contributed by atoms with Gasteiger partial charge in [0.15, 0.2) is 11.5 Å². The SMILES string of the molecule is Cc1cnccc1-c1nc(C(N)=O)c(-c2ccccn2)o1. The number of pyridine rings is 2. The zero-order chi connectivity index (χ0) is 14.8. The number of carbonyl (C=O) groups is 1. The van der Waals surface area contributed by atoms with E-state index in [-0.39, 0.29) is 11.5 Å². The lowest BCUT2D eigenvalue weighted by molar-refractivity contribution is 0.0996. The molecule has 3 rings (SSSR count). The van der Waals surface area contributed by atoms with Gasteiger partial charge >= 0.3 is 0 Å². The molecule has 3 heterocycles. The fourth-order valence-corrected chi connectivity index (χ4v) is 1.99. The van der Waals surface area contributed by atoms with Crippen molar-refractivity contribution in [3.05, 3.63) is 54.1 Å². The number of nitrogens with two attached hydrogens (primary N) is 1. The lowest BCUT2D eigenvalue weighted by atomic mass is 10.1. The Kier molecular flexibility index (Phi) is 3.19. The summed E-state index contributed by atoms with van der Waals surface area (Å²) in [6.45, 7) is 1.89. The van der Waals surface area contributed by atoms with E-state index in [0.29, 0.717) is 11.6 Å². The minimum Gasteiger partial charge on any atom is -0.434 e. The Hall–Kier alpha value is -3.02. The van der Waals surface area contributed by atoms with Crippen LogP contribution >= 0.6 is 0 Å². The van der Waals surface area contributed by atoms with E-state index in [2.05, 4.69) is 15.0 Å². The molecule has 0 spiro atoms. The second-order valence-electron chi connectivity index (χ2n) is 4.47. The van der Waals surface area contributed by atoms with Crippen LogP contribution in [0.1, 0.15) is 16.1 Å². The summed E-state index contributed by atoms with van der Waals surface area (Å²) in [5.74, 6) is -0.0592. The zero-order valence-corrected chi connectivity index (χ0v) is 11.3. The molecule has 0 aliphatic rings. The van der Waals surface area contributed by atoms with Gasteiger partial charge in [-0.25, -0.2) is 4.98 Å². The van der Waals surface area contributed by atoms with Crippen molar-refractivity contribution in [1.29, 1.82) is 0 Å². The first-order valence-electron chi connectivity index (χ1n) is 6.30. The van der Waals surface area contributed by atoms with Crippen molar-refractivity contribution in [2.24, 2.45) is 5.73 Å². The second kappa shape index (κ2) is 5.16. The summed E-state index contributed by atoms with van der Waals surface area (Å²) in [6, 6.07) is 7.08. The molecule has 104 valence electrons. The van der Waals surface area contributed by atoms with Crippen molar-refractivity contribution in [2.45, 2.75) is 6.92 Å². The molecule has 1 amide bonds. The molecule has 0 radical (unpaired) electrons. The average molecular weight is 280 g/mol. The van der Waals surface area contributed by atoms with Gasteiger partial charge < -0.3 is 10.2 Å². The topological polar surface area (TPSA) is 94.9 Å². The number of aryl methyl sites for hydroxylation is 1. The molecule has 0 aliphatic carbocycles. The molecule has 21 heavy (non-hydrogen) atoms. The van der Waals surface area contributed by atoms with E-state index in [1.807, 2.05) is 6.92 Å². The fraction of sp³-hybridized carbons (Fsp3) is 0.0667. The van der Waals surface area contributed by atoms with E-state index in [9.17, 15) is 4.79 Å². The van der Waals surface area contributed by atoms with Crippen LogP contribution in [-0.4, -0.2) is 20.9 Å². The number of carbonyl (C=O) groups excluding carboxylic acids is 1. The highest BCUT2D eigenvalue weighted by atomic mass is 16.4. The maximum absolute atomic E-state index is 11.6. The molecule has 0 bridgehead atoms. The maximum Gasteiger partial charge on any atom is 0.271 e. The van der Waals surface area contributed by atoms with Gasteiger partial charge in [0.2, 0.25) is 5.89 Å². The smallest absolute Gasteiger partial charge is 0.271 e. The molecule has 0 aromatic carbocycles. The molecule has 0 saturated carbocycles. The van der Waals surface area contributed by atoms with E-state index in [0.717, 1.165) is 11.1 Å². The van der Waals surface area contributed by atoms with Gasteiger partial charge in [0.05, 0.1) is 0 Å². The Morgan fingerprint density at radius 3 is 2.76 bits per heavy atom. The lowest BCUT2D eigenvalue weighted by Crippen LogP contribution is -2.12. The van der Waals surface area contributed by atoms with Crippen LogP contribution in [0.4, 0.5) is 0 Å². The number of aromatic nitrogens is 3. The van der Waals surface area contributed by atoms with E-state index in [1.165, 1.54) is 0 Å². The third-order valence-corrected chi connectivity index (χ3v) is 3.01. The Labute approximate surface area is 120 Å². The number of hydrogen-bond acceptors (Lipinski definition) is 5. The molecular weight excluding hydrogens is 268 g/mol. The monoisotopic (exact) mass is 280 g/mol. The van der Waals surface area contributed by atoms with Crippen LogP contribution in [0.3, 0.4) is 0 Å². The van der Waals surface area contributed by atoms with Crippen LogP contribution in [0.5, 0.6) is 0 Å². The van der Waals surface area contributed by atoms with E-state index < -0.39 is 5.91 Å². The first-order valence-corrected chi connectivity index (χ1v) is 6.30. The molecule has 0 saturated heterocycles. The minimum atomic E-state index is -0.655.